The first kappa shape index (κ1) is 26.0. The second kappa shape index (κ2) is 11.9. The zero-order valence-corrected chi connectivity index (χ0v) is 21.8. The van der Waals surface area contributed by atoms with E-state index in [0.717, 1.165) is 16.9 Å². The molecule has 0 saturated carbocycles. The summed E-state index contributed by atoms with van der Waals surface area (Å²) in [6.45, 7) is 4.21. The molecule has 0 spiro atoms. The van der Waals surface area contributed by atoms with Crippen LogP contribution in [0.25, 0.3) is 11.3 Å². The first-order chi connectivity index (χ1) is 19.0. The average molecular weight is 524 g/mol. The number of carbonyl (C=O) groups excluding carboxylic acids is 2. The minimum Gasteiger partial charge on any atom is -0.352 e. The SMILES string of the molecule is CC(c1ccccc1)N(CC(=O)N1CCN(c2ccc(-c3ccc(F)cc3)nn2)CC1)C(=O)c1ccccc1. The van der Waals surface area contributed by atoms with Crippen molar-refractivity contribution in [2.45, 2.75) is 13.0 Å². The Morgan fingerprint density at radius 3 is 2.08 bits per heavy atom. The van der Waals surface area contributed by atoms with E-state index in [4.69, 9.17) is 0 Å². The number of aromatic nitrogens is 2. The van der Waals surface area contributed by atoms with E-state index in [-0.39, 0.29) is 30.2 Å². The highest BCUT2D eigenvalue weighted by Gasteiger charge is 2.29. The van der Waals surface area contributed by atoms with Crippen molar-refractivity contribution in [1.29, 1.82) is 0 Å². The van der Waals surface area contributed by atoms with Crippen LogP contribution >= 0.6 is 0 Å². The van der Waals surface area contributed by atoms with E-state index in [9.17, 15) is 14.0 Å². The third-order valence-corrected chi connectivity index (χ3v) is 7.08. The number of hydrogen-bond acceptors (Lipinski definition) is 5. The molecule has 0 aliphatic carbocycles. The Hall–Kier alpha value is -4.59. The van der Waals surface area contributed by atoms with Gasteiger partial charge < -0.3 is 14.7 Å². The second-order valence-corrected chi connectivity index (χ2v) is 9.54. The van der Waals surface area contributed by atoms with Gasteiger partial charge in [0.15, 0.2) is 5.82 Å². The summed E-state index contributed by atoms with van der Waals surface area (Å²) in [5, 5.41) is 8.66. The third kappa shape index (κ3) is 6.12. The lowest BCUT2D eigenvalue weighted by atomic mass is 10.1. The molecule has 8 heteroatoms. The van der Waals surface area contributed by atoms with Gasteiger partial charge in [0.1, 0.15) is 12.4 Å². The molecule has 1 atom stereocenters. The minimum absolute atomic E-state index is 0.00401. The normalized spacial score (nSPS) is 14.1. The van der Waals surface area contributed by atoms with Crippen molar-refractivity contribution in [2.75, 3.05) is 37.6 Å². The molecule has 1 aromatic heterocycles. The van der Waals surface area contributed by atoms with Gasteiger partial charge in [0.2, 0.25) is 5.91 Å². The van der Waals surface area contributed by atoms with Crippen molar-refractivity contribution in [1.82, 2.24) is 20.0 Å². The largest absolute Gasteiger partial charge is 0.352 e. The van der Waals surface area contributed by atoms with Crippen LogP contribution < -0.4 is 4.90 Å². The highest BCUT2D eigenvalue weighted by atomic mass is 19.1. The Bertz CT molecular complexity index is 1390. The zero-order chi connectivity index (χ0) is 27.2. The van der Waals surface area contributed by atoms with E-state index in [2.05, 4.69) is 15.1 Å². The maximum absolute atomic E-state index is 13.5. The molecule has 3 aromatic carbocycles. The van der Waals surface area contributed by atoms with Gasteiger partial charge in [0.05, 0.1) is 11.7 Å². The molecule has 0 N–H and O–H groups in total. The zero-order valence-electron chi connectivity index (χ0n) is 21.8. The lowest BCUT2D eigenvalue weighted by molar-refractivity contribution is -0.132. The summed E-state index contributed by atoms with van der Waals surface area (Å²) < 4.78 is 13.2. The van der Waals surface area contributed by atoms with E-state index in [1.54, 1.807) is 34.1 Å². The second-order valence-electron chi connectivity index (χ2n) is 9.54. The van der Waals surface area contributed by atoms with Gasteiger partial charge in [0.25, 0.3) is 5.91 Å². The molecular weight excluding hydrogens is 493 g/mol. The Labute approximate surface area is 227 Å². The molecule has 4 aromatic rings. The first-order valence-electron chi connectivity index (χ1n) is 13.0. The van der Waals surface area contributed by atoms with Crippen LogP contribution in [0.1, 0.15) is 28.9 Å². The number of hydrogen-bond donors (Lipinski definition) is 0. The molecule has 1 aliphatic rings. The summed E-state index contributed by atoms with van der Waals surface area (Å²) in [7, 11) is 0. The maximum Gasteiger partial charge on any atom is 0.254 e. The standard InChI is InChI=1S/C31H30FN5O2/c1-23(24-8-4-2-5-9-24)37(31(39)26-10-6-3-7-11-26)22-30(38)36-20-18-35(19-21-36)29-17-16-28(33-34-29)25-12-14-27(32)15-13-25/h2-17,23H,18-22H2,1H3. The van der Waals surface area contributed by atoms with Gasteiger partial charge in [-0.25, -0.2) is 4.39 Å². The lowest BCUT2D eigenvalue weighted by Crippen LogP contribution is -2.52. The predicted molar refractivity (Wildman–Crippen MR) is 149 cm³/mol. The highest BCUT2D eigenvalue weighted by Crippen LogP contribution is 2.23. The molecule has 0 bridgehead atoms. The maximum atomic E-state index is 13.5. The third-order valence-electron chi connectivity index (χ3n) is 7.08. The number of carbonyl (C=O) groups is 2. The Morgan fingerprint density at radius 1 is 0.821 bits per heavy atom. The molecule has 5 rings (SSSR count). The van der Waals surface area contributed by atoms with Crippen molar-refractivity contribution in [3.05, 3.63) is 114 Å². The number of anilines is 1. The average Bonchev–Trinajstić information content (AvgIpc) is 3.00. The van der Waals surface area contributed by atoms with E-state index < -0.39 is 0 Å². The van der Waals surface area contributed by atoms with Crippen molar-refractivity contribution >= 4 is 17.6 Å². The number of rotatable bonds is 7. The molecule has 2 heterocycles. The van der Waals surface area contributed by atoms with Crippen molar-refractivity contribution in [3.8, 4) is 11.3 Å². The van der Waals surface area contributed by atoms with Crippen LogP contribution in [0.3, 0.4) is 0 Å². The lowest BCUT2D eigenvalue weighted by Gasteiger charge is -2.37. The van der Waals surface area contributed by atoms with Gasteiger partial charge in [0, 0.05) is 37.3 Å². The van der Waals surface area contributed by atoms with Gasteiger partial charge in [-0.05, 0) is 61.0 Å². The predicted octanol–water partition coefficient (Wildman–Crippen LogP) is 4.83. The highest BCUT2D eigenvalue weighted by molar-refractivity contribution is 5.96. The molecule has 2 amide bonds. The summed E-state index contributed by atoms with van der Waals surface area (Å²) in [4.78, 5) is 32.4. The van der Waals surface area contributed by atoms with E-state index >= 15 is 0 Å². The van der Waals surface area contributed by atoms with Gasteiger partial charge in [-0.1, -0.05) is 48.5 Å². The summed E-state index contributed by atoms with van der Waals surface area (Å²) in [6.07, 6.45) is 0. The first-order valence-corrected chi connectivity index (χ1v) is 13.0. The topological polar surface area (TPSA) is 69.6 Å². The van der Waals surface area contributed by atoms with E-state index in [1.807, 2.05) is 67.6 Å². The molecule has 1 saturated heterocycles. The fourth-order valence-corrected chi connectivity index (χ4v) is 4.74. The summed E-state index contributed by atoms with van der Waals surface area (Å²) >= 11 is 0. The van der Waals surface area contributed by atoms with Crippen molar-refractivity contribution in [3.63, 3.8) is 0 Å². The fraction of sp³-hybridized carbons (Fsp3) is 0.226. The van der Waals surface area contributed by atoms with E-state index in [0.29, 0.717) is 37.4 Å². The van der Waals surface area contributed by atoms with Gasteiger partial charge >= 0.3 is 0 Å². The molecule has 198 valence electrons. The smallest absolute Gasteiger partial charge is 0.254 e. The molecule has 1 unspecified atom stereocenters. The number of halogens is 1. The molecule has 0 radical (unpaired) electrons. The summed E-state index contributed by atoms with van der Waals surface area (Å²) in [5.41, 5.74) is 3.00. The van der Waals surface area contributed by atoms with Crippen LogP contribution in [-0.2, 0) is 4.79 Å². The number of benzene rings is 3. The van der Waals surface area contributed by atoms with Gasteiger partial charge in [-0.2, -0.15) is 0 Å². The number of piperazine rings is 1. The van der Waals surface area contributed by atoms with Crippen LogP contribution in [0.5, 0.6) is 0 Å². The summed E-state index contributed by atoms with van der Waals surface area (Å²) in [5.74, 6) is 0.180. The minimum atomic E-state index is -0.294. The Morgan fingerprint density at radius 2 is 1.46 bits per heavy atom. The monoisotopic (exact) mass is 523 g/mol. The quantitative estimate of drug-likeness (QED) is 0.347. The van der Waals surface area contributed by atoms with E-state index in [1.165, 1.54) is 12.1 Å². The number of amides is 2. The molecule has 1 fully saturated rings. The number of nitrogens with zero attached hydrogens (tertiary/aromatic N) is 5. The van der Waals surface area contributed by atoms with Crippen LogP contribution in [0.4, 0.5) is 10.2 Å². The fourth-order valence-electron chi connectivity index (χ4n) is 4.74. The molecular formula is C31H30FN5O2. The van der Waals surface area contributed by atoms with Crippen LogP contribution in [-0.4, -0.2) is 64.5 Å². The van der Waals surface area contributed by atoms with Crippen LogP contribution in [0.2, 0.25) is 0 Å². The Kier molecular flexibility index (Phi) is 7.91. The Balaban J connectivity index is 1.23. The summed E-state index contributed by atoms with van der Waals surface area (Å²) in [6, 6.07) is 28.5. The molecule has 1 aliphatic heterocycles. The van der Waals surface area contributed by atoms with Crippen molar-refractivity contribution in [2.24, 2.45) is 0 Å². The molecule has 39 heavy (non-hydrogen) atoms. The van der Waals surface area contributed by atoms with Crippen molar-refractivity contribution < 1.29 is 14.0 Å². The van der Waals surface area contributed by atoms with Crippen LogP contribution in [0, 0.1) is 5.82 Å². The van der Waals surface area contributed by atoms with Gasteiger partial charge in [-0.15, -0.1) is 10.2 Å². The van der Waals surface area contributed by atoms with Gasteiger partial charge in [-0.3, -0.25) is 9.59 Å². The molecule has 7 nitrogen and oxygen atoms in total. The van der Waals surface area contributed by atoms with Crippen LogP contribution in [0.15, 0.2) is 97.1 Å².